The van der Waals surface area contributed by atoms with Crippen LogP contribution >= 0.6 is 0 Å². The summed E-state index contributed by atoms with van der Waals surface area (Å²) in [5.74, 6) is -2.81. The normalized spacial score (nSPS) is 25.7. The van der Waals surface area contributed by atoms with Crippen molar-refractivity contribution in [2.45, 2.75) is 31.0 Å². The molecule has 0 spiro atoms. The van der Waals surface area contributed by atoms with Crippen LogP contribution in [0.1, 0.15) is 6.92 Å². The molecule has 1 saturated heterocycles. The molecule has 2 aromatic carbocycles. The Kier molecular flexibility index (Phi) is 5.13. The summed E-state index contributed by atoms with van der Waals surface area (Å²) >= 11 is 0. The van der Waals surface area contributed by atoms with E-state index < -0.39 is 59.1 Å². The van der Waals surface area contributed by atoms with Crippen molar-refractivity contribution in [3.63, 3.8) is 0 Å². The number of benzene rings is 2. The minimum Gasteiger partial charge on any atom is -0.508 e. The van der Waals surface area contributed by atoms with Gasteiger partial charge in [-0.2, -0.15) is 0 Å². The molecule has 1 fully saturated rings. The highest BCUT2D eigenvalue weighted by atomic mass is 16.7. The number of hydrogen-bond donors (Lipinski definition) is 7. The van der Waals surface area contributed by atoms with Gasteiger partial charge >= 0.3 is 0 Å². The van der Waals surface area contributed by atoms with E-state index in [0.29, 0.717) is 0 Å². The third kappa shape index (κ3) is 3.46. The Bertz CT molecular complexity index is 1250. The molecule has 11 heteroatoms. The van der Waals surface area contributed by atoms with Crippen molar-refractivity contribution in [3.05, 3.63) is 40.6 Å². The molecular weight excluding hydrogens is 428 g/mol. The summed E-state index contributed by atoms with van der Waals surface area (Å²) in [6.45, 7) is 0.750. The van der Waals surface area contributed by atoms with Crippen LogP contribution in [0, 0.1) is 0 Å². The first-order chi connectivity index (χ1) is 15.0. The quantitative estimate of drug-likeness (QED) is 0.276. The summed E-state index contributed by atoms with van der Waals surface area (Å²) in [4.78, 5) is 13.2. The molecule has 1 aromatic heterocycles. The standard InChI is InChI=1S/C21H20O11/c1-21(29)14(26)7-30-20(19(21)28)32-18-16(27)15-12(25)5-9(22)6-13(15)31-17(18)8-2-3-10(23)11(24)4-8/h2-6,14,19-20,22-26,28-29H,7H2,1H3. The SMILES string of the molecule is CC1(O)C(O)COC(Oc2c(-c3ccc(O)c(O)c3)oc3cc(O)cc(O)c3c2=O)C1O. The summed E-state index contributed by atoms with van der Waals surface area (Å²) in [5.41, 5.74) is -3.08. The molecular formula is C21H20O11. The number of rotatable bonds is 3. The molecule has 7 N–H and O–H groups in total. The predicted octanol–water partition coefficient (Wildman–Crippen LogP) is 0.490. The first-order valence-corrected chi connectivity index (χ1v) is 9.42. The van der Waals surface area contributed by atoms with Gasteiger partial charge in [0.15, 0.2) is 17.3 Å². The van der Waals surface area contributed by atoms with Gasteiger partial charge in [-0.05, 0) is 25.1 Å². The fourth-order valence-electron chi connectivity index (χ4n) is 3.36. The average Bonchev–Trinajstić information content (AvgIpc) is 2.71. The van der Waals surface area contributed by atoms with E-state index in [0.717, 1.165) is 31.2 Å². The van der Waals surface area contributed by atoms with Crippen molar-refractivity contribution < 1.29 is 49.6 Å². The van der Waals surface area contributed by atoms with Crippen LogP contribution in [0.2, 0.25) is 0 Å². The second-order valence-corrected chi connectivity index (χ2v) is 7.64. The van der Waals surface area contributed by atoms with Gasteiger partial charge in [-0.15, -0.1) is 0 Å². The van der Waals surface area contributed by atoms with Crippen LogP contribution in [0.5, 0.6) is 28.7 Å². The second kappa shape index (κ2) is 7.57. The summed E-state index contributed by atoms with van der Waals surface area (Å²) in [6.07, 6.45) is -4.82. The van der Waals surface area contributed by atoms with Crippen LogP contribution in [0.25, 0.3) is 22.3 Å². The second-order valence-electron chi connectivity index (χ2n) is 7.64. The molecule has 4 unspecified atom stereocenters. The molecule has 3 aromatic rings. The minimum atomic E-state index is -2.02. The molecule has 0 bridgehead atoms. The fourth-order valence-corrected chi connectivity index (χ4v) is 3.36. The fraction of sp³-hybridized carbons (Fsp3) is 0.286. The van der Waals surface area contributed by atoms with Crippen LogP contribution < -0.4 is 10.2 Å². The maximum atomic E-state index is 13.2. The number of hydrogen-bond acceptors (Lipinski definition) is 11. The monoisotopic (exact) mass is 448 g/mol. The van der Waals surface area contributed by atoms with Gasteiger partial charge in [-0.25, -0.2) is 0 Å². The number of aromatic hydroxyl groups is 4. The van der Waals surface area contributed by atoms with Crippen LogP contribution in [0.4, 0.5) is 0 Å². The third-order valence-electron chi connectivity index (χ3n) is 5.34. The van der Waals surface area contributed by atoms with Crippen molar-refractivity contribution in [1.82, 2.24) is 0 Å². The Morgan fingerprint density at radius 3 is 2.44 bits per heavy atom. The molecule has 1 aliphatic rings. The van der Waals surface area contributed by atoms with Crippen molar-refractivity contribution in [3.8, 4) is 40.1 Å². The first-order valence-electron chi connectivity index (χ1n) is 9.42. The molecule has 0 amide bonds. The molecule has 0 saturated carbocycles. The van der Waals surface area contributed by atoms with E-state index in [1.54, 1.807) is 0 Å². The van der Waals surface area contributed by atoms with Crippen LogP contribution in [-0.2, 0) is 4.74 Å². The molecule has 1 aliphatic heterocycles. The van der Waals surface area contributed by atoms with Crippen LogP contribution in [0.3, 0.4) is 0 Å². The minimum absolute atomic E-state index is 0.0641. The number of fused-ring (bicyclic) bond motifs is 1. The largest absolute Gasteiger partial charge is 0.508 e. The number of aliphatic hydroxyl groups excluding tert-OH is 2. The molecule has 170 valence electrons. The van der Waals surface area contributed by atoms with Crippen molar-refractivity contribution in [2.75, 3.05) is 6.61 Å². The van der Waals surface area contributed by atoms with Crippen molar-refractivity contribution in [2.24, 2.45) is 0 Å². The van der Waals surface area contributed by atoms with Crippen LogP contribution in [0.15, 0.2) is 39.5 Å². The van der Waals surface area contributed by atoms with E-state index in [9.17, 15) is 40.5 Å². The Labute approximate surface area is 179 Å². The maximum Gasteiger partial charge on any atom is 0.239 e. The van der Waals surface area contributed by atoms with Gasteiger partial charge in [-0.3, -0.25) is 4.79 Å². The van der Waals surface area contributed by atoms with E-state index in [1.807, 2.05) is 0 Å². The van der Waals surface area contributed by atoms with Gasteiger partial charge < -0.3 is 49.6 Å². The van der Waals surface area contributed by atoms with Gasteiger partial charge in [0.05, 0.1) is 6.61 Å². The zero-order chi connectivity index (χ0) is 23.4. The molecule has 2 heterocycles. The van der Waals surface area contributed by atoms with Crippen molar-refractivity contribution in [1.29, 1.82) is 0 Å². The summed E-state index contributed by atoms with van der Waals surface area (Å²) in [7, 11) is 0. The summed E-state index contributed by atoms with van der Waals surface area (Å²) in [5, 5.41) is 69.7. The van der Waals surface area contributed by atoms with Gasteiger partial charge in [-0.1, -0.05) is 0 Å². The summed E-state index contributed by atoms with van der Waals surface area (Å²) < 4.78 is 16.5. The Hall–Kier alpha value is -3.51. The maximum absolute atomic E-state index is 13.2. The lowest BCUT2D eigenvalue weighted by molar-refractivity contribution is -0.277. The highest BCUT2D eigenvalue weighted by Gasteiger charge is 2.49. The van der Waals surface area contributed by atoms with E-state index in [1.165, 1.54) is 6.07 Å². The number of aliphatic hydroxyl groups is 3. The van der Waals surface area contributed by atoms with Crippen LogP contribution in [-0.4, -0.2) is 66.5 Å². The highest BCUT2D eigenvalue weighted by molar-refractivity contribution is 5.88. The van der Waals surface area contributed by atoms with Gasteiger partial charge in [0.2, 0.25) is 17.5 Å². The highest BCUT2D eigenvalue weighted by Crippen LogP contribution is 2.39. The molecule has 0 radical (unpaired) electrons. The Morgan fingerprint density at radius 2 is 1.75 bits per heavy atom. The topological polar surface area (TPSA) is 190 Å². The Morgan fingerprint density at radius 1 is 1.03 bits per heavy atom. The van der Waals surface area contributed by atoms with Gasteiger partial charge in [0.1, 0.15) is 40.3 Å². The zero-order valence-electron chi connectivity index (χ0n) is 16.6. The smallest absolute Gasteiger partial charge is 0.239 e. The zero-order valence-corrected chi connectivity index (χ0v) is 16.6. The van der Waals surface area contributed by atoms with E-state index >= 15 is 0 Å². The molecule has 32 heavy (non-hydrogen) atoms. The predicted molar refractivity (Wildman–Crippen MR) is 108 cm³/mol. The lowest BCUT2D eigenvalue weighted by Gasteiger charge is -2.41. The van der Waals surface area contributed by atoms with E-state index in [4.69, 9.17) is 13.9 Å². The molecule has 4 rings (SSSR count). The lowest BCUT2D eigenvalue weighted by atomic mass is 9.90. The molecule has 11 nitrogen and oxygen atoms in total. The van der Waals surface area contributed by atoms with E-state index in [2.05, 4.69) is 0 Å². The number of phenolic OH excluding ortho intramolecular Hbond substituents is 4. The lowest BCUT2D eigenvalue weighted by Crippen LogP contribution is -2.62. The van der Waals surface area contributed by atoms with Gasteiger partial charge in [0.25, 0.3) is 0 Å². The first kappa shape index (κ1) is 21.7. The number of ether oxygens (including phenoxy) is 2. The number of phenols is 4. The average molecular weight is 448 g/mol. The van der Waals surface area contributed by atoms with Gasteiger partial charge in [0, 0.05) is 17.7 Å². The molecule has 0 aliphatic carbocycles. The summed E-state index contributed by atoms with van der Waals surface area (Å²) in [6, 6.07) is 5.50. The Balaban J connectivity index is 1.92. The third-order valence-corrected chi connectivity index (χ3v) is 5.34. The van der Waals surface area contributed by atoms with Crippen molar-refractivity contribution >= 4 is 11.0 Å². The molecule has 4 atom stereocenters. The van der Waals surface area contributed by atoms with E-state index in [-0.39, 0.29) is 28.0 Å².